The molecule has 0 aliphatic carbocycles. The van der Waals surface area contributed by atoms with Gasteiger partial charge in [-0.3, -0.25) is 4.90 Å². The molecule has 1 aliphatic heterocycles. The van der Waals surface area contributed by atoms with Gasteiger partial charge in [0.25, 0.3) is 0 Å². The normalized spacial score (nSPS) is 40.1. The first-order valence-corrected chi connectivity index (χ1v) is 4.61. The molecule has 1 fully saturated rings. The average Bonchev–Trinajstić information content (AvgIpc) is 2.16. The molecule has 0 radical (unpaired) electrons. The third-order valence-electron chi connectivity index (χ3n) is 2.60. The summed E-state index contributed by atoms with van der Waals surface area (Å²) in [5.74, 6) is 0. The maximum Gasteiger partial charge on any atom is 0.109 e. The Morgan fingerprint density at radius 1 is 1.07 bits per heavy atom. The predicted octanol–water partition coefficient (Wildman–Crippen LogP) is -3.26. The molecule has 14 heavy (non-hydrogen) atoms. The fourth-order valence-electron chi connectivity index (χ4n) is 1.76. The van der Waals surface area contributed by atoms with Crippen molar-refractivity contribution in [2.45, 2.75) is 24.4 Å². The zero-order valence-corrected chi connectivity index (χ0v) is 7.82. The molecule has 5 N–H and O–H groups in total. The van der Waals surface area contributed by atoms with Crippen LogP contribution in [0.3, 0.4) is 0 Å². The summed E-state index contributed by atoms with van der Waals surface area (Å²) in [6, 6.07) is -0.624. The van der Waals surface area contributed by atoms with Crippen LogP contribution in [0.5, 0.6) is 0 Å². The summed E-state index contributed by atoms with van der Waals surface area (Å²) in [5, 5.41) is 45.9. The van der Waals surface area contributed by atoms with Crippen molar-refractivity contribution in [3.63, 3.8) is 0 Å². The van der Waals surface area contributed by atoms with Crippen LogP contribution in [0.25, 0.3) is 0 Å². The first kappa shape index (κ1) is 11.8. The van der Waals surface area contributed by atoms with E-state index in [4.69, 9.17) is 10.2 Å². The summed E-state index contributed by atoms with van der Waals surface area (Å²) in [5.41, 5.74) is 0. The van der Waals surface area contributed by atoms with Gasteiger partial charge in [-0.15, -0.1) is 0 Å². The van der Waals surface area contributed by atoms with Crippen LogP contribution in [0.15, 0.2) is 0 Å². The van der Waals surface area contributed by atoms with Gasteiger partial charge < -0.3 is 25.5 Å². The van der Waals surface area contributed by atoms with Gasteiger partial charge in [0, 0.05) is 13.1 Å². The lowest BCUT2D eigenvalue weighted by Gasteiger charge is -2.42. The molecule has 6 nitrogen and oxygen atoms in total. The van der Waals surface area contributed by atoms with Crippen LogP contribution < -0.4 is 0 Å². The SMILES string of the molecule is OCCN1C[C@H](O)C(O)C(O)C1CO. The number of aliphatic hydroxyl groups excluding tert-OH is 5. The van der Waals surface area contributed by atoms with Gasteiger partial charge in [0.05, 0.1) is 25.4 Å². The van der Waals surface area contributed by atoms with Crippen LogP contribution in [-0.2, 0) is 0 Å². The molecule has 1 rings (SSSR count). The Kier molecular flexibility index (Phi) is 4.24. The molecular weight excluding hydrogens is 190 g/mol. The molecule has 3 unspecified atom stereocenters. The highest BCUT2D eigenvalue weighted by atomic mass is 16.4. The van der Waals surface area contributed by atoms with Crippen molar-refractivity contribution in [3.05, 3.63) is 0 Å². The summed E-state index contributed by atoms with van der Waals surface area (Å²) in [7, 11) is 0. The molecule has 0 spiro atoms. The molecule has 4 atom stereocenters. The van der Waals surface area contributed by atoms with Gasteiger partial charge in [-0.25, -0.2) is 0 Å². The van der Waals surface area contributed by atoms with Gasteiger partial charge in [-0.2, -0.15) is 0 Å². The van der Waals surface area contributed by atoms with E-state index in [0.717, 1.165) is 0 Å². The average molecular weight is 207 g/mol. The summed E-state index contributed by atoms with van der Waals surface area (Å²) >= 11 is 0. The first-order chi connectivity index (χ1) is 6.61. The van der Waals surface area contributed by atoms with Crippen molar-refractivity contribution in [1.29, 1.82) is 0 Å². The largest absolute Gasteiger partial charge is 0.395 e. The monoisotopic (exact) mass is 207 g/mol. The fourth-order valence-corrected chi connectivity index (χ4v) is 1.76. The molecule has 1 saturated heterocycles. The lowest BCUT2D eigenvalue weighted by atomic mass is 9.94. The van der Waals surface area contributed by atoms with E-state index >= 15 is 0 Å². The maximum atomic E-state index is 9.51. The molecule has 0 aromatic carbocycles. The van der Waals surface area contributed by atoms with Gasteiger partial charge in [0.1, 0.15) is 12.2 Å². The Morgan fingerprint density at radius 3 is 2.21 bits per heavy atom. The van der Waals surface area contributed by atoms with Crippen molar-refractivity contribution >= 4 is 0 Å². The summed E-state index contributed by atoms with van der Waals surface area (Å²) in [6.07, 6.45) is -3.46. The van der Waals surface area contributed by atoms with Gasteiger partial charge in [0.15, 0.2) is 0 Å². The van der Waals surface area contributed by atoms with Gasteiger partial charge >= 0.3 is 0 Å². The highest BCUT2D eigenvalue weighted by Gasteiger charge is 2.40. The molecule has 0 bridgehead atoms. The smallest absolute Gasteiger partial charge is 0.109 e. The molecule has 0 aromatic heterocycles. The van der Waals surface area contributed by atoms with Gasteiger partial charge in [0.2, 0.25) is 0 Å². The first-order valence-electron chi connectivity index (χ1n) is 4.61. The second kappa shape index (κ2) is 5.01. The maximum absolute atomic E-state index is 9.51. The van der Waals surface area contributed by atoms with E-state index in [9.17, 15) is 15.3 Å². The number of aliphatic hydroxyl groups is 5. The highest BCUT2D eigenvalue weighted by Crippen LogP contribution is 2.18. The second-order valence-corrected chi connectivity index (χ2v) is 3.52. The third-order valence-corrected chi connectivity index (χ3v) is 2.60. The Bertz CT molecular complexity index is 179. The van der Waals surface area contributed by atoms with Crippen LogP contribution in [0.4, 0.5) is 0 Å². The van der Waals surface area contributed by atoms with E-state index in [2.05, 4.69) is 0 Å². The molecule has 6 heteroatoms. The minimum atomic E-state index is -1.23. The van der Waals surface area contributed by atoms with Crippen LogP contribution in [0.2, 0.25) is 0 Å². The number of rotatable bonds is 3. The summed E-state index contributed by atoms with van der Waals surface area (Å²) in [6.45, 7) is -0.0347. The van der Waals surface area contributed by atoms with Crippen molar-refractivity contribution in [2.24, 2.45) is 0 Å². The quantitative estimate of drug-likeness (QED) is 0.333. The summed E-state index contributed by atoms with van der Waals surface area (Å²) in [4.78, 5) is 1.56. The standard InChI is InChI=1S/C8H17NO5/c10-2-1-9-3-6(12)8(14)7(13)5(9)4-11/h5-8,10-14H,1-4H2/t5?,6-,7?,8?/m0/s1. The van der Waals surface area contributed by atoms with Crippen LogP contribution in [0, 0.1) is 0 Å². The lowest BCUT2D eigenvalue weighted by Crippen LogP contribution is -2.62. The van der Waals surface area contributed by atoms with E-state index < -0.39 is 24.4 Å². The van der Waals surface area contributed by atoms with Crippen molar-refractivity contribution in [1.82, 2.24) is 4.90 Å². The van der Waals surface area contributed by atoms with Crippen molar-refractivity contribution < 1.29 is 25.5 Å². The second-order valence-electron chi connectivity index (χ2n) is 3.52. The molecule has 0 amide bonds. The Balaban J connectivity index is 2.66. The Hall–Kier alpha value is -0.240. The van der Waals surface area contributed by atoms with Crippen LogP contribution in [-0.4, -0.2) is 81.1 Å². The lowest BCUT2D eigenvalue weighted by molar-refractivity contribution is -0.146. The van der Waals surface area contributed by atoms with E-state index in [1.807, 2.05) is 0 Å². The van der Waals surface area contributed by atoms with E-state index in [0.29, 0.717) is 0 Å². The Morgan fingerprint density at radius 2 is 1.71 bits per heavy atom. The minimum Gasteiger partial charge on any atom is -0.395 e. The van der Waals surface area contributed by atoms with Crippen LogP contribution >= 0.6 is 0 Å². The predicted molar refractivity (Wildman–Crippen MR) is 47.6 cm³/mol. The zero-order chi connectivity index (χ0) is 10.7. The minimum absolute atomic E-state index is 0.119. The number of hydrogen-bond donors (Lipinski definition) is 5. The topological polar surface area (TPSA) is 104 Å². The molecule has 0 aromatic rings. The molecule has 84 valence electrons. The van der Waals surface area contributed by atoms with Crippen LogP contribution in [0.1, 0.15) is 0 Å². The van der Waals surface area contributed by atoms with E-state index in [1.165, 1.54) is 0 Å². The van der Waals surface area contributed by atoms with E-state index in [-0.39, 0.29) is 26.3 Å². The molecule has 0 saturated carbocycles. The van der Waals surface area contributed by atoms with Crippen molar-refractivity contribution in [3.8, 4) is 0 Å². The van der Waals surface area contributed by atoms with Gasteiger partial charge in [-0.05, 0) is 0 Å². The fraction of sp³-hybridized carbons (Fsp3) is 1.00. The summed E-state index contributed by atoms with van der Waals surface area (Å²) < 4.78 is 0. The zero-order valence-electron chi connectivity index (χ0n) is 7.82. The van der Waals surface area contributed by atoms with Crippen molar-refractivity contribution in [2.75, 3.05) is 26.3 Å². The molecule has 1 heterocycles. The number of hydrogen-bond acceptors (Lipinski definition) is 6. The number of likely N-dealkylation sites (tertiary alicyclic amines) is 1. The Labute approximate surface area is 82.0 Å². The highest BCUT2D eigenvalue weighted by molar-refractivity contribution is 4.93. The van der Waals surface area contributed by atoms with Gasteiger partial charge in [-0.1, -0.05) is 0 Å². The number of β-amino-alcohol motifs (C(OH)–C–C–N with tert-alkyl or cyclic N) is 2. The molecular formula is C8H17NO5. The number of nitrogens with zero attached hydrogens (tertiary/aromatic N) is 1. The third kappa shape index (κ3) is 2.22. The molecule has 1 aliphatic rings. The van der Waals surface area contributed by atoms with E-state index in [1.54, 1.807) is 4.90 Å². The number of piperidine rings is 1.